The van der Waals surface area contributed by atoms with Gasteiger partial charge in [-0.05, 0) is 49.4 Å². The second-order valence-corrected chi connectivity index (χ2v) is 7.82. The maximum Gasteiger partial charge on any atom is 0.234 e. The molecule has 17 heavy (non-hydrogen) atoms. The molecule has 4 rings (SSSR count). The Bertz CT molecular complexity index is 379. The average molecular weight is 231 g/mol. The van der Waals surface area contributed by atoms with Crippen molar-refractivity contribution in [1.82, 2.24) is 0 Å². The van der Waals surface area contributed by atoms with Gasteiger partial charge in [0.15, 0.2) is 0 Å². The van der Waals surface area contributed by atoms with E-state index in [2.05, 4.69) is 32.5 Å². The summed E-state index contributed by atoms with van der Waals surface area (Å²) in [5.41, 5.74) is 0.673. The lowest BCUT2D eigenvalue weighted by Crippen LogP contribution is -2.55. The van der Waals surface area contributed by atoms with Crippen molar-refractivity contribution in [2.45, 2.75) is 59.4 Å². The molecule has 0 heterocycles. The first-order valence-corrected chi connectivity index (χ1v) is 7.29. The van der Waals surface area contributed by atoms with E-state index in [1.54, 1.807) is 0 Å². The highest BCUT2D eigenvalue weighted by atomic mass is 14.9. The predicted molar refractivity (Wildman–Crippen MR) is 70.4 cm³/mol. The Kier molecular flexibility index (Phi) is 2.23. The molecule has 1 nitrogen and oxygen atoms in total. The van der Waals surface area contributed by atoms with Crippen LogP contribution >= 0.6 is 0 Å². The van der Waals surface area contributed by atoms with Crippen LogP contribution in [0, 0.1) is 41.1 Å². The molecule has 4 bridgehead atoms. The van der Waals surface area contributed by atoms with Gasteiger partial charge in [-0.2, -0.15) is 0 Å². The lowest BCUT2D eigenvalue weighted by atomic mass is 9.48. The van der Waals surface area contributed by atoms with Gasteiger partial charge in [-0.15, -0.1) is 0 Å². The van der Waals surface area contributed by atoms with Crippen molar-refractivity contribution >= 4 is 0 Å². The van der Waals surface area contributed by atoms with E-state index in [1.165, 1.54) is 25.7 Å². The van der Waals surface area contributed by atoms with Gasteiger partial charge in [-0.3, -0.25) is 0 Å². The number of fused-ring (bicyclic) bond motifs is 1. The predicted octanol–water partition coefficient (Wildman–Crippen LogP) is 4.39. The number of rotatable bonds is 1. The summed E-state index contributed by atoms with van der Waals surface area (Å²) in [5, 5.41) is 0. The third kappa shape index (κ3) is 1.25. The van der Waals surface area contributed by atoms with Crippen LogP contribution in [-0.2, 0) is 0 Å². The van der Waals surface area contributed by atoms with Crippen LogP contribution in [0.25, 0.3) is 4.85 Å². The SMILES string of the molecule is [C-]#[N+][C@@H]1C2(C)CCC3C(C2)C(C(C)C)CC31C. The van der Waals surface area contributed by atoms with Gasteiger partial charge >= 0.3 is 0 Å². The molecule has 0 spiro atoms. The first-order chi connectivity index (χ1) is 7.92. The minimum Gasteiger partial charge on any atom is -0.312 e. The van der Waals surface area contributed by atoms with Gasteiger partial charge in [0.05, 0.1) is 0 Å². The highest BCUT2D eigenvalue weighted by Gasteiger charge is 2.70. The van der Waals surface area contributed by atoms with Crippen LogP contribution in [0.15, 0.2) is 0 Å². The summed E-state index contributed by atoms with van der Waals surface area (Å²) < 4.78 is 0. The van der Waals surface area contributed by atoms with Gasteiger partial charge in [0.1, 0.15) is 0 Å². The molecule has 5 unspecified atom stereocenters. The Morgan fingerprint density at radius 2 is 1.94 bits per heavy atom. The highest BCUT2D eigenvalue weighted by molar-refractivity contribution is 5.20. The maximum atomic E-state index is 7.65. The Balaban J connectivity index is 2.05. The molecule has 94 valence electrons. The summed E-state index contributed by atoms with van der Waals surface area (Å²) >= 11 is 0. The fourth-order valence-electron chi connectivity index (χ4n) is 5.95. The lowest BCUT2D eigenvalue weighted by molar-refractivity contribution is -0.0521. The Hall–Kier alpha value is -0.510. The minimum absolute atomic E-state index is 0.300. The molecule has 6 atom stereocenters. The van der Waals surface area contributed by atoms with Gasteiger partial charge in [-0.1, -0.05) is 27.7 Å². The Labute approximate surface area is 106 Å². The van der Waals surface area contributed by atoms with E-state index < -0.39 is 0 Å². The molecule has 0 amide bonds. The van der Waals surface area contributed by atoms with Crippen LogP contribution in [0.3, 0.4) is 0 Å². The number of hydrogen-bond donors (Lipinski definition) is 0. The minimum atomic E-state index is 0.300. The van der Waals surface area contributed by atoms with Crippen LogP contribution in [0.4, 0.5) is 0 Å². The number of hydrogen-bond acceptors (Lipinski definition) is 0. The maximum absolute atomic E-state index is 7.65. The fraction of sp³-hybridized carbons (Fsp3) is 0.938. The summed E-state index contributed by atoms with van der Waals surface area (Å²) in [6.45, 7) is 17.3. The second-order valence-electron chi connectivity index (χ2n) is 7.82. The van der Waals surface area contributed by atoms with Crippen molar-refractivity contribution in [1.29, 1.82) is 0 Å². The van der Waals surface area contributed by atoms with Gasteiger partial charge in [0.2, 0.25) is 6.04 Å². The molecule has 0 aromatic heterocycles. The van der Waals surface area contributed by atoms with E-state index in [0.717, 1.165) is 23.7 Å². The van der Waals surface area contributed by atoms with E-state index in [0.29, 0.717) is 16.9 Å². The zero-order valence-corrected chi connectivity index (χ0v) is 11.7. The molecule has 0 aromatic carbocycles. The third-order valence-electron chi connectivity index (χ3n) is 6.59. The third-order valence-corrected chi connectivity index (χ3v) is 6.59. The normalized spacial score (nSPS) is 56.2. The summed E-state index contributed by atoms with van der Waals surface area (Å²) in [7, 11) is 0. The van der Waals surface area contributed by atoms with E-state index >= 15 is 0 Å². The molecule has 4 aliphatic carbocycles. The van der Waals surface area contributed by atoms with Crippen LogP contribution in [0.5, 0.6) is 0 Å². The van der Waals surface area contributed by atoms with Gasteiger partial charge in [0, 0.05) is 10.8 Å². The van der Waals surface area contributed by atoms with Crippen molar-refractivity contribution in [3.8, 4) is 0 Å². The van der Waals surface area contributed by atoms with Crippen molar-refractivity contribution in [3.05, 3.63) is 11.4 Å². The Morgan fingerprint density at radius 3 is 2.53 bits per heavy atom. The van der Waals surface area contributed by atoms with Gasteiger partial charge in [0.25, 0.3) is 0 Å². The molecule has 0 radical (unpaired) electrons. The highest BCUT2D eigenvalue weighted by Crippen LogP contribution is 2.71. The molecular formula is C16H25N. The molecule has 0 aliphatic heterocycles. The largest absolute Gasteiger partial charge is 0.312 e. The number of nitrogens with zero attached hydrogens (tertiary/aromatic N) is 1. The summed E-state index contributed by atoms with van der Waals surface area (Å²) in [5.74, 6) is 3.47. The average Bonchev–Trinajstić information content (AvgIpc) is 2.48. The van der Waals surface area contributed by atoms with E-state index in [4.69, 9.17) is 6.57 Å². The van der Waals surface area contributed by atoms with Crippen molar-refractivity contribution in [2.24, 2.45) is 34.5 Å². The Morgan fingerprint density at radius 1 is 1.24 bits per heavy atom. The van der Waals surface area contributed by atoms with Gasteiger partial charge in [-0.25, -0.2) is 6.57 Å². The topological polar surface area (TPSA) is 4.36 Å². The molecule has 4 fully saturated rings. The zero-order valence-electron chi connectivity index (χ0n) is 11.7. The monoisotopic (exact) mass is 231 g/mol. The van der Waals surface area contributed by atoms with E-state index in [9.17, 15) is 0 Å². The van der Waals surface area contributed by atoms with Crippen LogP contribution in [-0.4, -0.2) is 6.04 Å². The summed E-state index contributed by atoms with van der Waals surface area (Å²) in [4.78, 5) is 4.10. The molecule has 0 N–H and O–H groups in total. The molecule has 0 saturated heterocycles. The van der Waals surface area contributed by atoms with Crippen LogP contribution in [0.2, 0.25) is 0 Å². The molecule has 0 aromatic rings. The van der Waals surface area contributed by atoms with Crippen LogP contribution < -0.4 is 0 Å². The van der Waals surface area contributed by atoms with Crippen molar-refractivity contribution in [3.63, 3.8) is 0 Å². The van der Waals surface area contributed by atoms with Crippen LogP contribution in [0.1, 0.15) is 53.4 Å². The smallest absolute Gasteiger partial charge is 0.234 e. The van der Waals surface area contributed by atoms with E-state index in [-0.39, 0.29) is 0 Å². The first-order valence-electron chi connectivity index (χ1n) is 7.29. The lowest BCUT2D eigenvalue weighted by Gasteiger charge is -2.54. The quantitative estimate of drug-likeness (QED) is 0.589. The molecule has 1 heteroatoms. The summed E-state index contributed by atoms with van der Waals surface area (Å²) in [6.07, 6.45) is 5.36. The zero-order chi connectivity index (χ0) is 12.4. The molecule has 4 aliphatic rings. The summed E-state index contributed by atoms with van der Waals surface area (Å²) in [6, 6.07) is 0.300. The van der Waals surface area contributed by atoms with E-state index in [1.807, 2.05) is 0 Å². The first kappa shape index (κ1) is 11.6. The standard InChI is InChI=1S/C16H25N/c1-10(2)11-9-16(4)13-6-7-15(3,8-12(11)13)14(16)17-5/h10-14H,6-9H2,1-4H3/t11?,12?,13?,14-,15?,16?/m1/s1. The second kappa shape index (κ2) is 3.28. The molecular weight excluding hydrogens is 206 g/mol. The molecule has 4 saturated carbocycles. The van der Waals surface area contributed by atoms with Crippen molar-refractivity contribution < 1.29 is 0 Å². The van der Waals surface area contributed by atoms with Gasteiger partial charge < -0.3 is 4.85 Å². The fourth-order valence-corrected chi connectivity index (χ4v) is 5.95. The van der Waals surface area contributed by atoms with Crippen molar-refractivity contribution in [2.75, 3.05) is 0 Å².